The zero-order valence-electron chi connectivity index (χ0n) is 13.2. The van der Waals surface area contributed by atoms with Crippen LogP contribution in [0.25, 0.3) is 10.9 Å². The summed E-state index contributed by atoms with van der Waals surface area (Å²) < 4.78 is 5.05. The summed E-state index contributed by atoms with van der Waals surface area (Å²) in [4.78, 5) is 16.7. The topological polar surface area (TPSA) is 45.3 Å². The summed E-state index contributed by atoms with van der Waals surface area (Å²) in [6.07, 6.45) is 4.63. The highest BCUT2D eigenvalue weighted by atomic mass is 32.1. The van der Waals surface area contributed by atoms with Crippen molar-refractivity contribution in [2.24, 2.45) is 5.92 Å². The lowest BCUT2D eigenvalue weighted by Gasteiger charge is -2.09. The Hall–Kier alpha value is -1.46. The van der Waals surface area contributed by atoms with Gasteiger partial charge in [0.05, 0.1) is 13.0 Å². The molecule has 5 heteroatoms. The molecule has 1 atom stereocenters. The monoisotopic (exact) mass is 320 g/mol. The molecule has 1 aliphatic heterocycles. The third-order valence-electron chi connectivity index (χ3n) is 4.12. The molecule has 0 aliphatic carbocycles. The Morgan fingerprint density at radius 3 is 2.86 bits per heavy atom. The van der Waals surface area contributed by atoms with Crippen molar-refractivity contribution in [3.8, 4) is 0 Å². The highest BCUT2D eigenvalue weighted by Crippen LogP contribution is 2.24. The van der Waals surface area contributed by atoms with Gasteiger partial charge in [0.2, 0.25) is 0 Å². The van der Waals surface area contributed by atoms with Crippen molar-refractivity contribution in [3.63, 3.8) is 0 Å². The number of aromatic nitrogens is 1. The molecule has 0 bridgehead atoms. The van der Waals surface area contributed by atoms with E-state index < -0.39 is 0 Å². The first-order valence-electron chi connectivity index (χ1n) is 7.51. The fourth-order valence-corrected chi connectivity index (χ4v) is 2.93. The Morgan fingerprint density at radius 2 is 2.18 bits per heavy atom. The van der Waals surface area contributed by atoms with Crippen molar-refractivity contribution < 1.29 is 9.53 Å². The van der Waals surface area contributed by atoms with E-state index in [1.165, 1.54) is 22.0 Å². The van der Waals surface area contributed by atoms with Crippen LogP contribution in [-0.4, -0.2) is 43.1 Å². The number of esters is 1. The van der Waals surface area contributed by atoms with Gasteiger partial charge in [-0.25, -0.2) is 0 Å². The number of rotatable bonds is 5. The first kappa shape index (κ1) is 16.9. The number of cyclic esters (lactones) is 1. The van der Waals surface area contributed by atoms with Gasteiger partial charge in [0.1, 0.15) is 0 Å². The van der Waals surface area contributed by atoms with Gasteiger partial charge in [-0.15, -0.1) is 0 Å². The largest absolute Gasteiger partial charge is 0.465 e. The second-order valence-corrected chi connectivity index (χ2v) is 6.20. The van der Waals surface area contributed by atoms with Crippen molar-refractivity contribution in [2.45, 2.75) is 19.3 Å². The number of carbonyl (C=O) groups excluding carboxylic acids is 1. The minimum atomic E-state index is -0.0607. The Kier molecular flexibility index (Phi) is 5.53. The molecule has 1 fully saturated rings. The highest BCUT2D eigenvalue weighted by Gasteiger charge is 2.23. The van der Waals surface area contributed by atoms with Crippen LogP contribution in [0.5, 0.6) is 0 Å². The molecule has 0 spiro atoms. The van der Waals surface area contributed by atoms with Crippen molar-refractivity contribution >= 4 is 30.4 Å². The molecular weight excluding hydrogens is 296 g/mol. The number of nitrogens with one attached hydrogen (secondary N) is 1. The van der Waals surface area contributed by atoms with Gasteiger partial charge < -0.3 is 14.6 Å². The van der Waals surface area contributed by atoms with E-state index in [2.05, 4.69) is 48.4 Å². The number of ether oxygens (including phenoxy) is 1. The van der Waals surface area contributed by atoms with E-state index >= 15 is 0 Å². The maximum atomic E-state index is 11.2. The van der Waals surface area contributed by atoms with Crippen LogP contribution in [-0.2, 0) is 22.4 Å². The summed E-state index contributed by atoms with van der Waals surface area (Å²) in [5.74, 6) is 0.272. The number of benzene rings is 1. The van der Waals surface area contributed by atoms with Gasteiger partial charge in [0, 0.05) is 29.6 Å². The minimum Gasteiger partial charge on any atom is -0.465 e. The number of H-pyrrole nitrogens is 1. The molecule has 0 amide bonds. The summed E-state index contributed by atoms with van der Waals surface area (Å²) in [6, 6.07) is 6.55. The van der Waals surface area contributed by atoms with E-state index in [-0.39, 0.29) is 19.5 Å². The summed E-state index contributed by atoms with van der Waals surface area (Å²) in [5, 5.41) is 1.31. The van der Waals surface area contributed by atoms with E-state index in [1.807, 2.05) is 0 Å². The number of nitrogens with zero attached hydrogens (tertiary/aromatic N) is 1. The molecule has 4 nitrogen and oxygen atoms in total. The molecule has 2 aromatic rings. The van der Waals surface area contributed by atoms with Gasteiger partial charge in [-0.05, 0) is 50.2 Å². The average molecular weight is 320 g/mol. The predicted molar refractivity (Wildman–Crippen MR) is 93.7 cm³/mol. The Bertz CT molecular complexity index is 651. The van der Waals surface area contributed by atoms with Crippen molar-refractivity contribution in [1.29, 1.82) is 0 Å². The molecule has 120 valence electrons. The second-order valence-electron chi connectivity index (χ2n) is 6.20. The number of fused-ring (bicyclic) bond motifs is 1. The first-order valence-corrected chi connectivity index (χ1v) is 7.51. The summed E-state index contributed by atoms with van der Waals surface area (Å²) >= 11 is 0. The molecule has 1 aromatic heterocycles. The lowest BCUT2D eigenvalue weighted by Crippen LogP contribution is -2.14. The Labute approximate surface area is 138 Å². The van der Waals surface area contributed by atoms with Crippen LogP contribution in [0, 0.1) is 5.92 Å². The minimum absolute atomic E-state index is 0. The molecule has 3 rings (SSSR count). The normalized spacial score (nSPS) is 17.8. The molecular formula is C17H24N2O2S. The lowest BCUT2D eigenvalue weighted by molar-refractivity contribution is -0.137. The van der Waals surface area contributed by atoms with Crippen molar-refractivity contribution in [2.75, 3.05) is 27.2 Å². The standard InChI is InChI=1S/C17H22N2O2.H2S/c1-19(2)6-5-14-10-18-16-4-3-12(8-15(14)16)7-13-9-17(20)21-11-13;/h3-4,8,10,13,18H,5-7,9,11H2,1-2H3;1H2/t13-;/m1./s1. The first-order chi connectivity index (χ1) is 10.1. The lowest BCUT2D eigenvalue weighted by atomic mass is 9.97. The smallest absolute Gasteiger partial charge is 0.306 e. The highest BCUT2D eigenvalue weighted by molar-refractivity contribution is 7.59. The van der Waals surface area contributed by atoms with E-state index in [0.29, 0.717) is 18.9 Å². The zero-order chi connectivity index (χ0) is 14.8. The maximum Gasteiger partial charge on any atom is 0.306 e. The molecule has 1 aliphatic rings. The molecule has 1 aromatic carbocycles. The van der Waals surface area contributed by atoms with E-state index in [0.717, 1.165) is 19.4 Å². The summed E-state index contributed by atoms with van der Waals surface area (Å²) in [5.41, 5.74) is 3.84. The van der Waals surface area contributed by atoms with Crippen LogP contribution < -0.4 is 0 Å². The summed E-state index contributed by atoms with van der Waals surface area (Å²) in [6.45, 7) is 1.61. The fraction of sp³-hybridized carbons (Fsp3) is 0.471. The SMILES string of the molecule is CN(C)CCc1c[nH]c2ccc(C[C@H]3COC(=O)C3)cc12.S. The van der Waals surface area contributed by atoms with Gasteiger partial charge in [-0.3, -0.25) is 4.79 Å². The average Bonchev–Trinajstić information content (AvgIpc) is 3.03. The number of aromatic amines is 1. The number of likely N-dealkylation sites (N-methyl/N-ethyl adjacent to an activating group) is 1. The van der Waals surface area contributed by atoms with Crippen LogP contribution in [0.4, 0.5) is 0 Å². The van der Waals surface area contributed by atoms with Crippen LogP contribution in [0.15, 0.2) is 24.4 Å². The third kappa shape index (κ3) is 3.84. The maximum absolute atomic E-state index is 11.2. The van der Waals surface area contributed by atoms with Crippen LogP contribution >= 0.6 is 13.5 Å². The van der Waals surface area contributed by atoms with Gasteiger partial charge in [-0.1, -0.05) is 6.07 Å². The molecule has 0 radical (unpaired) electrons. The quantitative estimate of drug-likeness (QED) is 0.861. The predicted octanol–water partition coefficient (Wildman–Crippen LogP) is 2.49. The van der Waals surface area contributed by atoms with Gasteiger partial charge in [0.15, 0.2) is 0 Å². The molecule has 0 saturated carbocycles. The van der Waals surface area contributed by atoms with Gasteiger partial charge >= 0.3 is 5.97 Å². The Balaban J connectivity index is 0.00000176. The fourth-order valence-electron chi connectivity index (χ4n) is 2.93. The summed E-state index contributed by atoms with van der Waals surface area (Å²) in [7, 11) is 4.19. The van der Waals surface area contributed by atoms with Gasteiger partial charge in [-0.2, -0.15) is 13.5 Å². The van der Waals surface area contributed by atoms with Crippen LogP contribution in [0.3, 0.4) is 0 Å². The van der Waals surface area contributed by atoms with Crippen LogP contribution in [0.1, 0.15) is 17.5 Å². The number of hydrogen-bond acceptors (Lipinski definition) is 3. The second kappa shape index (κ2) is 7.20. The number of hydrogen-bond donors (Lipinski definition) is 1. The number of carbonyl (C=O) groups is 1. The molecule has 22 heavy (non-hydrogen) atoms. The van der Waals surface area contributed by atoms with Crippen LogP contribution in [0.2, 0.25) is 0 Å². The third-order valence-corrected chi connectivity index (χ3v) is 4.12. The molecule has 2 heterocycles. The van der Waals surface area contributed by atoms with E-state index in [4.69, 9.17) is 4.74 Å². The molecule has 0 unspecified atom stereocenters. The molecule has 1 N–H and O–H groups in total. The van der Waals surface area contributed by atoms with E-state index in [1.54, 1.807) is 0 Å². The Morgan fingerprint density at radius 1 is 1.36 bits per heavy atom. The zero-order valence-corrected chi connectivity index (χ0v) is 14.2. The van der Waals surface area contributed by atoms with Crippen molar-refractivity contribution in [3.05, 3.63) is 35.5 Å². The van der Waals surface area contributed by atoms with E-state index in [9.17, 15) is 4.79 Å². The molecule has 1 saturated heterocycles. The van der Waals surface area contributed by atoms with Crippen molar-refractivity contribution in [1.82, 2.24) is 9.88 Å². The van der Waals surface area contributed by atoms with Gasteiger partial charge in [0.25, 0.3) is 0 Å².